The Bertz CT molecular complexity index is 798. The summed E-state index contributed by atoms with van der Waals surface area (Å²) in [6.45, 7) is 3.80. The lowest BCUT2D eigenvalue weighted by Gasteiger charge is -2.08. The number of amides is 1. The third-order valence-corrected chi connectivity index (χ3v) is 3.08. The lowest BCUT2D eigenvalue weighted by molar-refractivity contribution is -0.384. The molecule has 1 aromatic heterocycles. The first kappa shape index (κ1) is 15.4. The summed E-state index contributed by atoms with van der Waals surface area (Å²) >= 11 is 0. The largest absolute Gasteiger partial charge is 0.320 e. The van der Waals surface area contributed by atoms with E-state index in [1.807, 2.05) is 0 Å². The molecule has 1 N–H and O–H groups in total. The van der Waals surface area contributed by atoms with E-state index in [1.54, 1.807) is 19.9 Å². The molecule has 1 aromatic carbocycles. The van der Waals surface area contributed by atoms with Crippen LogP contribution in [0.1, 0.15) is 23.0 Å². The number of hydrogen-bond acceptors (Lipinski definition) is 5. The van der Waals surface area contributed by atoms with Gasteiger partial charge in [0, 0.05) is 24.7 Å². The average Bonchev–Trinajstić information content (AvgIpc) is 2.49. The van der Waals surface area contributed by atoms with Crippen LogP contribution in [0.3, 0.4) is 0 Å². The number of rotatable bonds is 4. The molecule has 0 spiro atoms. The maximum Gasteiger partial charge on any atom is 0.276 e. The van der Waals surface area contributed by atoms with Crippen molar-refractivity contribution in [2.24, 2.45) is 0 Å². The molecular weight excluding hydrogens is 288 g/mol. The molecule has 0 radical (unpaired) electrons. The van der Waals surface area contributed by atoms with Gasteiger partial charge in [-0.15, -0.1) is 0 Å². The van der Waals surface area contributed by atoms with Crippen molar-refractivity contribution in [3.05, 3.63) is 62.1 Å². The zero-order chi connectivity index (χ0) is 16.3. The van der Waals surface area contributed by atoms with Gasteiger partial charge in [0.05, 0.1) is 10.6 Å². The number of aryl methyl sites for hydroxylation is 2. The first-order chi connectivity index (χ1) is 10.4. The van der Waals surface area contributed by atoms with Gasteiger partial charge >= 0.3 is 0 Å². The Morgan fingerprint density at radius 2 is 2.09 bits per heavy atom. The molecule has 1 heterocycles. The highest BCUT2D eigenvalue weighted by molar-refractivity contribution is 6.03. The van der Waals surface area contributed by atoms with E-state index in [-0.39, 0.29) is 16.9 Å². The van der Waals surface area contributed by atoms with Crippen LogP contribution in [0.4, 0.5) is 11.4 Å². The number of nitrogens with one attached hydrogen (secondary N) is 1. The number of carbonyl (C=O) groups excluding carboxylic acids is 1. The molecule has 0 saturated heterocycles. The van der Waals surface area contributed by atoms with Crippen molar-refractivity contribution in [1.82, 2.24) is 9.78 Å². The Morgan fingerprint density at radius 1 is 1.36 bits per heavy atom. The van der Waals surface area contributed by atoms with Crippen LogP contribution in [0.2, 0.25) is 0 Å². The fraction of sp³-hybridized carbons (Fsp3) is 0.214. The smallest absolute Gasteiger partial charge is 0.276 e. The van der Waals surface area contributed by atoms with Crippen molar-refractivity contribution >= 4 is 17.3 Å². The molecule has 2 aromatic rings. The summed E-state index contributed by atoms with van der Waals surface area (Å²) in [5.41, 5.74) is 0.656. The molecule has 1 amide bonds. The number of anilines is 1. The highest BCUT2D eigenvalue weighted by Gasteiger charge is 2.14. The van der Waals surface area contributed by atoms with E-state index in [2.05, 4.69) is 10.4 Å². The molecule has 0 saturated carbocycles. The van der Waals surface area contributed by atoms with Crippen LogP contribution < -0.4 is 10.9 Å². The van der Waals surface area contributed by atoms with E-state index in [0.29, 0.717) is 17.8 Å². The SMILES string of the molecule is CCn1nc(C(=O)Nc2cc([N+](=O)[O-])ccc2C)ccc1=O. The standard InChI is InChI=1S/C14H14N4O4/c1-3-17-13(19)7-6-11(16-17)14(20)15-12-8-10(18(21)22)5-4-9(12)2/h4-8H,3H2,1-2H3,(H,15,20). The molecule has 0 aliphatic rings. The molecule has 22 heavy (non-hydrogen) atoms. The molecule has 114 valence electrons. The topological polar surface area (TPSA) is 107 Å². The number of nitrogens with zero attached hydrogens (tertiary/aromatic N) is 3. The number of benzene rings is 1. The Balaban J connectivity index is 2.31. The van der Waals surface area contributed by atoms with E-state index in [9.17, 15) is 19.7 Å². The highest BCUT2D eigenvalue weighted by atomic mass is 16.6. The van der Waals surface area contributed by atoms with Crippen molar-refractivity contribution < 1.29 is 9.72 Å². The molecule has 0 unspecified atom stereocenters. The van der Waals surface area contributed by atoms with Crippen molar-refractivity contribution in [3.63, 3.8) is 0 Å². The number of nitro benzene ring substituents is 1. The normalized spacial score (nSPS) is 10.3. The van der Waals surface area contributed by atoms with Gasteiger partial charge in [0.25, 0.3) is 17.2 Å². The summed E-state index contributed by atoms with van der Waals surface area (Å²) in [5, 5.41) is 17.3. The van der Waals surface area contributed by atoms with Crippen LogP contribution in [-0.2, 0) is 6.54 Å². The molecule has 0 aliphatic heterocycles. The van der Waals surface area contributed by atoms with Gasteiger partial charge in [-0.2, -0.15) is 5.10 Å². The predicted octanol–water partition coefficient (Wildman–Crippen LogP) is 1.73. The fourth-order valence-electron chi connectivity index (χ4n) is 1.84. The summed E-state index contributed by atoms with van der Waals surface area (Å²) in [5.74, 6) is -0.536. The second-order valence-corrected chi connectivity index (χ2v) is 4.58. The second kappa shape index (κ2) is 6.17. The lowest BCUT2D eigenvalue weighted by Crippen LogP contribution is -2.25. The molecular formula is C14H14N4O4. The van der Waals surface area contributed by atoms with Gasteiger partial charge in [-0.3, -0.25) is 19.7 Å². The van der Waals surface area contributed by atoms with Crippen molar-refractivity contribution in [3.8, 4) is 0 Å². The van der Waals surface area contributed by atoms with Gasteiger partial charge in [-0.05, 0) is 25.5 Å². The van der Waals surface area contributed by atoms with Gasteiger partial charge in [-0.25, -0.2) is 4.68 Å². The number of non-ortho nitro benzene ring substituents is 1. The molecule has 8 heteroatoms. The van der Waals surface area contributed by atoms with Crippen LogP contribution in [0.5, 0.6) is 0 Å². The minimum Gasteiger partial charge on any atom is -0.320 e. The molecule has 8 nitrogen and oxygen atoms in total. The van der Waals surface area contributed by atoms with Crippen LogP contribution in [-0.4, -0.2) is 20.6 Å². The number of hydrogen-bond donors (Lipinski definition) is 1. The molecule has 0 fully saturated rings. The molecule has 2 rings (SSSR count). The van der Waals surface area contributed by atoms with Gasteiger partial charge in [0.2, 0.25) is 0 Å². The highest BCUT2D eigenvalue weighted by Crippen LogP contribution is 2.22. The summed E-state index contributed by atoms with van der Waals surface area (Å²) in [6.07, 6.45) is 0. The maximum absolute atomic E-state index is 12.2. The van der Waals surface area contributed by atoms with Gasteiger partial charge in [0.1, 0.15) is 5.69 Å². The molecule has 0 bridgehead atoms. The Hall–Kier alpha value is -3.03. The first-order valence-corrected chi connectivity index (χ1v) is 6.57. The summed E-state index contributed by atoms with van der Waals surface area (Å²) in [4.78, 5) is 33.9. The van der Waals surface area contributed by atoms with Crippen LogP contribution >= 0.6 is 0 Å². The monoisotopic (exact) mass is 302 g/mol. The van der Waals surface area contributed by atoms with Gasteiger partial charge in [-0.1, -0.05) is 6.07 Å². The predicted molar refractivity (Wildman–Crippen MR) is 80.0 cm³/mol. The lowest BCUT2D eigenvalue weighted by atomic mass is 10.1. The van der Waals surface area contributed by atoms with Crippen molar-refractivity contribution in [2.45, 2.75) is 20.4 Å². The van der Waals surface area contributed by atoms with E-state index in [4.69, 9.17) is 0 Å². The number of nitro groups is 1. The zero-order valence-corrected chi connectivity index (χ0v) is 12.1. The zero-order valence-electron chi connectivity index (χ0n) is 12.1. The summed E-state index contributed by atoms with van der Waals surface area (Å²) < 4.78 is 1.16. The van der Waals surface area contributed by atoms with E-state index >= 15 is 0 Å². The second-order valence-electron chi connectivity index (χ2n) is 4.58. The van der Waals surface area contributed by atoms with Gasteiger partial charge in [0.15, 0.2) is 0 Å². The van der Waals surface area contributed by atoms with E-state index < -0.39 is 10.8 Å². The minimum atomic E-state index is -0.537. The first-order valence-electron chi connectivity index (χ1n) is 6.57. The molecule has 0 aliphatic carbocycles. The Kier molecular flexibility index (Phi) is 4.31. The van der Waals surface area contributed by atoms with E-state index in [0.717, 1.165) is 4.68 Å². The summed E-state index contributed by atoms with van der Waals surface area (Å²) in [7, 11) is 0. The van der Waals surface area contributed by atoms with Crippen molar-refractivity contribution in [2.75, 3.05) is 5.32 Å². The quantitative estimate of drug-likeness (QED) is 0.683. The third-order valence-electron chi connectivity index (χ3n) is 3.08. The van der Waals surface area contributed by atoms with Gasteiger partial charge < -0.3 is 5.32 Å². The minimum absolute atomic E-state index is 0.0624. The van der Waals surface area contributed by atoms with Crippen LogP contribution in [0.25, 0.3) is 0 Å². The average molecular weight is 302 g/mol. The Labute approximate surface area is 125 Å². The third kappa shape index (κ3) is 3.17. The Morgan fingerprint density at radius 3 is 2.73 bits per heavy atom. The molecule has 0 atom stereocenters. The van der Waals surface area contributed by atoms with Crippen LogP contribution in [0, 0.1) is 17.0 Å². The fourth-order valence-corrected chi connectivity index (χ4v) is 1.84. The number of carbonyl (C=O) groups is 1. The van der Waals surface area contributed by atoms with Crippen molar-refractivity contribution in [1.29, 1.82) is 0 Å². The summed E-state index contributed by atoms with van der Waals surface area (Å²) in [6, 6.07) is 6.76. The van der Waals surface area contributed by atoms with E-state index in [1.165, 1.54) is 24.3 Å². The maximum atomic E-state index is 12.2. The van der Waals surface area contributed by atoms with Crippen LogP contribution in [0.15, 0.2) is 35.1 Å². The number of aromatic nitrogens is 2.